The van der Waals surface area contributed by atoms with Gasteiger partial charge in [0.2, 0.25) is 0 Å². The summed E-state index contributed by atoms with van der Waals surface area (Å²) in [6.45, 7) is 3.05. The van der Waals surface area contributed by atoms with Gasteiger partial charge in [0.1, 0.15) is 0 Å². The fraction of sp³-hybridized carbons (Fsp3) is 0.684. The van der Waals surface area contributed by atoms with E-state index in [9.17, 15) is 0 Å². The molecule has 1 aliphatic heterocycles. The zero-order chi connectivity index (χ0) is 14.3. The summed E-state index contributed by atoms with van der Waals surface area (Å²) in [7, 11) is 0. The van der Waals surface area contributed by atoms with Gasteiger partial charge in [0.15, 0.2) is 0 Å². The first-order valence-corrected chi connectivity index (χ1v) is 8.77. The van der Waals surface area contributed by atoms with Gasteiger partial charge < -0.3 is 5.73 Å². The Morgan fingerprint density at radius 2 is 1.43 bits per heavy atom. The van der Waals surface area contributed by atoms with Gasteiger partial charge in [-0.1, -0.05) is 37.1 Å². The molecule has 2 fully saturated rings. The van der Waals surface area contributed by atoms with E-state index in [-0.39, 0.29) is 5.54 Å². The highest BCUT2D eigenvalue weighted by Crippen LogP contribution is 2.53. The van der Waals surface area contributed by atoms with Gasteiger partial charge in [-0.3, -0.25) is 4.90 Å². The standard InChI is InChI=1S/C19H28N2/c20-15-19(11-9-18(10-12-19)7-3-4-8-18)21-13-16-5-1-2-6-17(16)14-21/h1-2,5-6H,3-4,7-15,20H2. The van der Waals surface area contributed by atoms with E-state index in [4.69, 9.17) is 5.73 Å². The molecule has 3 aliphatic rings. The lowest BCUT2D eigenvalue weighted by Crippen LogP contribution is -2.54. The van der Waals surface area contributed by atoms with Crippen LogP contribution in [0.5, 0.6) is 0 Å². The van der Waals surface area contributed by atoms with Crippen LogP contribution in [-0.4, -0.2) is 17.0 Å². The van der Waals surface area contributed by atoms with Crippen LogP contribution in [0.15, 0.2) is 24.3 Å². The molecule has 2 N–H and O–H groups in total. The number of fused-ring (bicyclic) bond motifs is 1. The third kappa shape index (κ3) is 2.24. The minimum atomic E-state index is 0.271. The average Bonchev–Trinajstić information content (AvgIpc) is 3.16. The maximum atomic E-state index is 6.30. The molecular formula is C19H28N2. The summed E-state index contributed by atoms with van der Waals surface area (Å²) in [6, 6.07) is 8.93. The third-order valence-electron chi connectivity index (χ3n) is 6.80. The van der Waals surface area contributed by atoms with Gasteiger partial charge in [0.25, 0.3) is 0 Å². The normalized spacial score (nSPS) is 27.1. The highest BCUT2D eigenvalue weighted by Gasteiger charge is 2.46. The van der Waals surface area contributed by atoms with Crippen LogP contribution in [0.25, 0.3) is 0 Å². The Morgan fingerprint density at radius 1 is 0.857 bits per heavy atom. The molecule has 2 aliphatic carbocycles. The topological polar surface area (TPSA) is 29.3 Å². The fourth-order valence-corrected chi connectivity index (χ4v) is 5.19. The van der Waals surface area contributed by atoms with Crippen LogP contribution < -0.4 is 5.73 Å². The maximum absolute atomic E-state index is 6.30. The molecule has 4 rings (SSSR count). The summed E-state index contributed by atoms with van der Waals surface area (Å²) in [4.78, 5) is 2.69. The van der Waals surface area contributed by atoms with Crippen LogP contribution in [0.1, 0.15) is 62.5 Å². The van der Waals surface area contributed by atoms with E-state index in [1.54, 1.807) is 0 Å². The van der Waals surface area contributed by atoms with E-state index in [1.165, 1.54) is 62.5 Å². The van der Waals surface area contributed by atoms with E-state index < -0.39 is 0 Å². The van der Waals surface area contributed by atoms with Crippen molar-refractivity contribution in [1.82, 2.24) is 4.90 Å². The molecule has 2 nitrogen and oxygen atoms in total. The van der Waals surface area contributed by atoms with Gasteiger partial charge in [0, 0.05) is 25.2 Å². The summed E-state index contributed by atoms with van der Waals surface area (Å²) < 4.78 is 0. The van der Waals surface area contributed by atoms with Crippen molar-refractivity contribution in [3.8, 4) is 0 Å². The van der Waals surface area contributed by atoms with Gasteiger partial charge in [-0.05, 0) is 55.1 Å². The quantitative estimate of drug-likeness (QED) is 0.894. The minimum Gasteiger partial charge on any atom is -0.329 e. The number of hydrogen-bond donors (Lipinski definition) is 1. The first-order chi connectivity index (χ1) is 10.3. The Hall–Kier alpha value is -0.860. The van der Waals surface area contributed by atoms with Gasteiger partial charge >= 0.3 is 0 Å². The fourth-order valence-electron chi connectivity index (χ4n) is 5.19. The van der Waals surface area contributed by atoms with Crippen LogP contribution in [0, 0.1) is 5.41 Å². The number of nitrogens with two attached hydrogens (primary N) is 1. The lowest BCUT2D eigenvalue weighted by Gasteiger charge is -2.49. The Balaban J connectivity index is 1.51. The molecule has 0 radical (unpaired) electrons. The van der Waals surface area contributed by atoms with E-state index in [0.29, 0.717) is 5.41 Å². The van der Waals surface area contributed by atoms with Crippen LogP contribution in [0.2, 0.25) is 0 Å². The van der Waals surface area contributed by atoms with Crippen molar-refractivity contribution in [2.45, 2.75) is 70.0 Å². The largest absolute Gasteiger partial charge is 0.329 e. The predicted molar refractivity (Wildman–Crippen MR) is 86.8 cm³/mol. The predicted octanol–water partition coefficient (Wildman–Crippen LogP) is 3.83. The Morgan fingerprint density at radius 3 is 1.95 bits per heavy atom. The molecule has 1 aromatic rings. The van der Waals surface area contributed by atoms with Gasteiger partial charge in [0.05, 0.1) is 0 Å². The third-order valence-corrected chi connectivity index (χ3v) is 6.80. The summed E-state index contributed by atoms with van der Waals surface area (Å²) in [5.41, 5.74) is 10.3. The highest BCUT2D eigenvalue weighted by atomic mass is 15.2. The van der Waals surface area contributed by atoms with E-state index in [0.717, 1.165) is 19.6 Å². The van der Waals surface area contributed by atoms with Crippen molar-refractivity contribution in [2.24, 2.45) is 11.1 Å². The molecule has 1 spiro atoms. The van der Waals surface area contributed by atoms with Crippen LogP contribution in [0.4, 0.5) is 0 Å². The molecule has 0 unspecified atom stereocenters. The molecule has 0 atom stereocenters. The van der Waals surface area contributed by atoms with Crippen molar-refractivity contribution >= 4 is 0 Å². The van der Waals surface area contributed by atoms with E-state index in [2.05, 4.69) is 29.2 Å². The average molecular weight is 284 g/mol. The van der Waals surface area contributed by atoms with E-state index in [1.807, 2.05) is 0 Å². The molecule has 21 heavy (non-hydrogen) atoms. The zero-order valence-corrected chi connectivity index (χ0v) is 13.1. The molecule has 0 saturated heterocycles. The Labute approximate surface area is 128 Å². The molecule has 1 heterocycles. The first kappa shape index (κ1) is 13.8. The molecule has 1 aromatic carbocycles. The first-order valence-electron chi connectivity index (χ1n) is 8.77. The van der Waals surface area contributed by atoms with Crippen LogP contribution >= 0.6 is 0 Å². The van der Waals surface area contributed by atoms with Gasteiger partial charge in [-0.2, -0.15) is 0 Å². The van der Waals surface area contributed by atoms with Crippen molar-refractivity contribution < 1.29 is 0 Å². The van der Waals surface area contributed by atoms with Crippen molar-refractivity contribution in [1.29, 1.82) is 0 Å². The molecule has 2 heteroatoms. The van der Waals surface area contributed by atoms with Crippen molar-refractivity contribution in [3.05, 3.63) is 35.4 Å². The van der Waals surface area contributed by atoms with E-state index >= 15 is 0 Å². The number of benzene rings is 1. The summed E-state index contributed by atoms with van der Waals surface area (Å²) in [5, 5.41) is 0. The van der Waals surface area contributed by atoms with Gasteiger partial charge in [-0.25, -0.2) is 0 Å². The second-order valence-electron chi connectivity index (χ2n) is 7.76. The summed E-state index contributed by atoms with van der Waals surface area (Å²) in [5.74, 6) is 0. The van der Waals surface area contributed by atoms with Crippen molar-refractivity contribution in [3.63, 3.8) is 0 Å². The maximum Gasteiger partial charge on any atom is 0.0339 e. The lowest BCUT2D eigenvalue weighted by atomic mass is 9.66. The summed E-state index contributed by atoms with van der Waals surface area (Å²) >= 11 is 0. The molecule has 0 bridgehead atoms. The number of hydrogen-bond acceptors (Lipinski definition) is 2. The molecule has 0 amide bonds. The van der Waals surface area contributed by atoms with Crippen LogP contribution in [0.3, 0.4) is 0 Å². The van der Waals surface area contributed by atoms with Gasteiger partial charge in [-0.15, -0.1) is 0 Å². The summed E-state index contributed by atoms with van der Waals surface area (Å²) in [6.07, 6.45) is 11.3. The molecular weight excluding hydrogens is 256 g/mol. The minimum absolute atomic E-state index is 0.271. The number of rotatable bonds is 2. The monoisotopic (exact) mass is 284 g/mol. The molecule has 0 aromatic heterocycles. The second-order valence-corrected chi connectivity index (χ2v) is 7.76. The SMILES string of the molecule is NCC1(N2Cc3ccccc3C2)CCC2(CCCC2)CC1. The Kier molecular flexibility index (Phi) is 3.35. The Bertz CT molecular complexity index is 481. The molecule has 114 valence electrons. The van der Waals surface area contributed by atoms with Crippen molar-refractivity contribution in [2.75, 3.05) is 6.54 Å². The van der Waals surface area contributed by atoms with Crippen LogP contribution in [-0.2, 0) is 13.1 Å². The molecule has 2 saturated carbocycles. The highest BCUT2D eigenvalue weighted by molar-refractivity contribution is 5.31. The second kappa shape index (κ2) is 5.10. The zero-order valence-electron chi connectivity index (χ0n) is 13.1. The lowest BCUT2D eigenvalue weighted by molar-refractivity contribution is 0.0107. The smallest absolute Gasteiger partial charge is 0.0339 e. The number of nitrogens with zero attached hydrogens (tertiary/aromatic N) is 1.